The maximum Gasteiger partial charge on any atom is 0.226 e. The molecule has 154 valence electrons. The average Bonchev–Trinajstić information content (AvgIpc) is 2.74. The van der Waals surface area contributed by atoms with Crippen molar-refractivity contribution in [2.24, 2.45) is 4.99 Å². The molecule has 1 aromatic carbocycles. The fourth-order valence-corrected chi connectivity index (χ4v) is 3.53. The smallest absolute Gasteiger partial charge is 0.226 e. The zero-order valence-corrected chi connectivity index (χ0v) is 17.0. The van der Waals surface area contributed by atoms with Crippen LogP contribution < -0.4 is 15.5 Å². The Morgan fingerprint density at radius 1 is 1.11 bits per heavy atom. The number of morpholine rings is 1. The van der Waals surface area contributed by atoms with Crippen LogP contribution in [-0.4, -0.2) is 69.2 Å². The molecule has 28 heavy (non-hydrogen) atoms. The minimum Gasteiger partial charge on any atom is -0.379 e. The van der Waals surface area contributed by atoms with Crippen LogP contribution in [0.15, 0.2) is 29.3 Å². The topological polar surface area (TPSA) is 69.2 Å². The van der Waals surface area contributed by atoms with Gasteiger partial charge in [0.15, 0.2) is 5.96 Å². The van der Waals surface area contributed by atoms with Crippen molar-refractivity contribution in [2.45, 2.75) is 32.7 Å². The van der Waals surface area contributed by atoms with E-state index in [4.69, 9.17) is 9.73 Å². The normalized spacial score (nSPS) is 19.0. The lowest BCUT2D eigenvalue weighted by Crippen LogP contribution is -2.44. The van der Waals surface area contributed by atoms with Crippen LogP contribution in [0.3, 0.4) is 0 Å². The largest absolute Gasteiger partial charge is 0.379 e. The first-order valence-corrected chi connectivity index (χ1v) is 10.5. The molecule has 2 aliphatic rings. The summed E-state index contributed by atoms with van der Waals surface area (Å²) >= 11 is 0. The van der Waals surface area contributed by atoms with Gasteiger partial charge < -0.3 is 20.3 Å². The molecule has 0 saturated carbocycles. The van der Waals surface area contributed by atoms with Gasteiger partial charge in [0, 0.05) is 51.4 Å². The Hall–Kier alpha value is -2.12. The third-order valence-electron chi connectivity index (χ3n) is 5.16. The van der Waals surface area contributed by atoms with Gasteiger partial charge in [-0.3, -0.25) is 9.69 Å². The highest BCUT2D eigenvalue weighted by Gasteiger charge is 2.19. The van der Waals surface area contributed by atoms with Crippen molar-refractivity contribution < 1.29 is 9.53 Å². The van der Waals surface area contributed by atoms with E-state index in [1.54, 1.807) is 0 Å². The van der Waals surface area contributed by atoms with Crippen LogP contribution in [0, 0.1) is 0 Å². The number of hydrogen-bond donors (Lipinski definition) is 2. The maximum atomic E-state index is 12.1. The summed E-state index contributed by atoms with van der Waals surface area (Å²) in [5.41, 5.74) is 2.13. The number of benzene rings is 1. The van der Waals surface area contributed by atoms with E-state index < -0.39 is 0 Å². The Morgan fingerprint density at radius 3 is 2.61 bits per heavy atom. The Labute approximate surface area is 168 Å². The molecule has 3 rings (SSSR count). The van der Waals surface area contributed by atoms with Crippen molar-refractivity contribution in [2.75, 3.05) is 57.4 Å². The van der Waals surface area contributed by atoms with Crippen LogP contribution >= 0.6 is 0 Å². The number of nitrogens with one attached hydrogen (secondary N) is 2. The number of hydrogen-bond acceptors (Lipinski definition) is 4. The molecule has 2 fully saturated rings. The monoisotopic (exact) mass is 387 g/mol. The Balaban J connectivity index is 1.49. The number of rotatable bonds is 7. The molecule has 2 N–H and O–H groups in total. The van der Waals surface area contributed by atoms with Crippen LogP contribution in [0.4, 0.5) is 5.69 Å². The molecular formula is C21H33N5O2. The van der Waals surface area contributed by atoms with Crippen molar-refractivity contribution in [1.82, 2.24) is 15.5 Å². The van der Waals surface area contributed by atoms with Crippen molar-refractivity contribution in [3.05, 3.63) is 29.8 Å². The molecule has 0 bridgehead atoms. The van der Waals surface area contributed by atoms with E-state index in [1.807, 2.05) is 17.0 Å². The van der Waals surface area contributed by atoms with E-state index in [0.29, 0.717) is 13.0 Å². The second-order valence-electron chi connectivity index (χ2n) is 7.24. The van der Waals surface area contributed by atoms with Gasteiger partial charge in [0.2, 0.25) is 5.91 Å². The SMILES string of the molecule is CCNC(=NCc1ccc(N2CCCCC2=O)cc1)NCCN1CCOCC1. The molecule has 7 nitrogen and oxygen atoms in total. The number of carbonyl (C=O) groups excluding carboxylic acids is 1. The fourth-order valence-electron chi connectivity index (χ4n) is 3.53. The van der Waals surface area contributed by atoms with Crippen molar-refractivity contribution in [3.8, 4) is 0 Å². The lowest BCUT2D eigenvalue weighted by Gasteiger charge is -2.27. The molecule has 1 aromatic rings. The first-order chi connectivity index (χ1) is 13.8. The predicted molar refractivity (Wildman–Crippen MR) is 113 cm³/mol. The average molecular weight is 388 g/mol. The molecule has 0 radical (unpaired) electrons. The molecule has 0 aliphatic carbocycles. The zero-order valence-electron chi connectivity index (χ0n) is 17.0. The highest BCUT2D eigenvalue weighted by molar-refractivity contribution is 5.93. The minimum absolute atomic E-state index is 0.232. The van der Waals surface area contributed by atoms with Gasteiger partial charge in [0.1, 0.15) is 0 Å². The predicted octanol–water partition coefficient (Wildman–Crippen LogP) is 1.59. The van der Waals surface area contributed by atoms with Crippen LogP contribution in [-0.2, 0) is 16.1 Å². The van der Waals surface area contributed by atoms with Crippen LogP contribution in [0.5, 0.6) is 0 Å². The highest BCUT2D eigenvalue weighted by Crippen LogP contribution is 2.21. The zero-order chi connectivity index (χ0) is 19.6. The molecule has 2 aliphatic heterocycles. The highest BCUT2D eigenvalue weighted by atomic mass is 16.5. The summed E-state index contributed by atoms with van der Waals surface area (Å²) in [6, 6.07) is 8.20. The second-order valence-corrected chi connectivity index (χ2v) is 7.24. The number of anilines is 1. The molecule has 7 heteroatoms. The van der Waals surface area contributed by atoms with Gasteiger partial charge in [-0.25, -0.2) is 4.99 Å². The number of ether oxygens (including phenoxy) is 1. The third kappa shape index (κ3) is 6.21. The summed E-state index contributed by atoms with van der Waals surface area (Å²) in [5.74, 6) is 1.07. The molecule has 0 aromatic heterocycles. The lowest BCUT2D eigenvalue weighted by molar-refractivity contribution is -0.119. The second kappa shape index (κ2) is 11.0. The van der Waals surface area contributed by atoms with E-state index in [1.165, 1.54) is 0 Å². The molecule has 2 heterocycles. The van der Waals surface area contributed by atoms with Crippen LogP contribution in [0.2, 0.25) is 0 Å². The number of aliphatic imine (C=N–C) groups is 1. The van der Waals surface area contributed by atoms with E-state index in [0.717, 1.165) is 82.5 Å². The maximum absolute atomic E-state index is 12.1. The Morgan fingerprint density at radius 2 is 1.89 bits per heavy atom. The summed E-state index contributed by atoms with van der Waals surface area (Å²) in [6.45, 7) is 9.86. The molecule has 1 amide bonds. The van der Waals surface area contributed by atoms with Crippen molar-refractivity contribution in [1.29, 1.82) is 0 Å². The van der Waals surface area contributed by atoms with Gasteiger partial charge in [-0.15, -0.1) is 0 Å². The molecule has 0 spiro atoms. The molecule has 2 saturated heterocycles. The van der Waals surface area contributed by atoms with Crippen molar-refractivity contribution in [3.63, 3.8) is 0 Å². The van der Waals surface area contributed by atoms with Gasteiger partial charge in [-0.1, -0.05) is 12.1 Å². The summed E-state index contributed by atoms with van der Waals surface area (Å²) < 4.78 is 5.39. The quantitative estimate of drug-likeness (QED) is 0.549. The number of piperidine rings is 1. The van der Waals surface area contributed by atoms with Gasteiger partial charge >= 0.3 is 0 Å². The van der Waals surface area contributed by atoms with E-state index >= 15 is 0 Å². The molecule has 0 unspecified atom stereocenters. The summed E-state index contributed by atoms with van der Waals surface area (Å²) in [7, 11) is 0. The Bertz CT molecular complexity index is 641. The van der Waals surface area contributed by atoms with Gasteiger partial charge in [0.25, 0.3) is 0 Å². The molecular weight excluding hydrogens is 354 g/mol. The number of carbonyl (C=O) groups is 1. The van der Waals surface area contributed by atoms with Crippen LogP contribution in [0.25, 0.3) is 0 Å². The summed E-state index contributed by atoms with van der Waals surface area (Å²) in [6.07, 6.45) is 2.75. The first kappa shape index (κ1) is 20.6. The molecule has 0 atom stereocenters. The van der Waals surface area contributed by atoms with E-state index in [-0.39, 0.29) is 5.91 Å². The first-order valence-electron chi connectivity index (χ1n) is 10.5. The lowest BCUT2D eigenvalue weighted by atomic mass is 10.1. The Kier molecular flexibility index (Phi) is 8.11. The number of amides is 1. The van der Waals surface area contributed by atoms with Gasteiger partial charge in [-0.05, 0) is 37.5 Å². The number of guanidine groups is 1. The fraction of sp³-hybridized carbons (Fsp3) is 0.619. The van der Waals surface area contributed by atoms with E-state index in [2.05, 4.69) is 34.6 Å². The third-order valence-corrected chi connectivity index (χ3v) is 5.16. The minimum atomic E-state index is 0.232. The van der Waals surface area contributed by atoms with Gasteiger partial charge in [-0.2, -0.15) is 0 Å². The number of nitrogens with zero attached hydrogens (tertiary/aromatic N) is 3. The summed E-state index contributed by atoms with van der Waals surface area (Å²) in [5, 5.41) is 6.71. The van der Waals surface area contributed by atoms with Crippen molar-refractivity contribution >= 4 is 17.6 Å². The van der Waals surface area contributed by atoms with Gasteiger partial charge in [0.05, 0.1) is 19.8 Å². The van der Waals surface area contributed by atoms with E-state index in [9.17, 15) is 4.79 Å². The van der Waals surface area contributed by atoms with Crippen LogP contribution in [0.1, 0.15) is 31.7 Å². The summed E-state index contributed by atoms with van der Waals surface area (Å²) in [4.78, 5) is 21.1. The standard InChI is InChI=1S/C21H33N5O2/c1-2-22-21(23-10-12-25-13-15-28-16-14-25)24-17-18-6-8-19(9-7-18)26-11-4-3-5-20(26)27/h6-9H,2-5,10-17H2,1H3,(H2,22,23,24).